The molecule has 1 aromatic carbocycles. The summed E-state index contributed by atoms with van der Waals surface area (Å²) in [6.45, 7) is 8.19. The van der Waals surface area contributed by atoms with Gasteiger partial charge in [-0.25, -0.2) is 4.79 Å². The highest BCUT2D eigenvalue weighted by Gasteiger charge is 2.22. The second kappa shape index (κ2) is 14.7. The molecule has 31 heavy (non-hydrogen) atoms. The van der Waals surface area contributed by atoms with E-state index in [9.17, 15) is 19.3 Å². The summed E-state index contributed by atoms with van der Waals surface area (Å²) >= 11 is 0. The molecule has 0 saturated carbocycles. The average Bonchev–Trinajstić information content (AvgIpc) is 2.77. The van der Waals surface area contributed by atoms with Gasteiger partial charge in [0.25, 0.3) is 0 Å². The lowest BCUT2D eigenvalue weighted by Crippen LogP contribution is -2.46. The van der Waals surface area contributed by atoms with E-state index in [4.69, 9.17) is 0 Å². The van der Waals surface area contributed by atoms with Crippen LogP contribution in [0.2, 0.25) is 0 Å². The Morgan fingerprint density at radius 2 is 1.87 bits per heavy atom. The van der Waals surface area contributed by atoms with Gasteiger partial charge >= 0.3 is 6.03 Å². The van der Waals surface area contributed by atoms with Gasteiger partial charge in [0.1, 0.15) is 6.04 Å². The van der Waals surface area contributed by atoms with E-state index in [1.165, 1.54) is 13.0 Å². The van der Waals surface area contributed by atoms with Crippen molar-refractivity contribution in [3.63, 3.8) is 0 Å². The molecule has 9 heteroatoms. The van der Waals surface area contributed by atoms with Gasteiger partial charge in [-0.05, 0) is 31.2 Å². The molecule has 0 aliphatic carbocycles. The number of nitrogens with zero attached hydrogens (tertiary/aromatic N) is 3. The van der Waals surface area contributed by atoms with Crippen LogP contribution in [0.3, 0.4) is 0 Å². The standard InChI is InChI=1S/C22H33N5O4/c1-4-14-26(22(30)27(25-31)15-5-2)16-10-9-13-20(24-18(3)28)21(29)23-17-19-11-7-6-8-12-19/h5-8,11-12,20H,2,4,9-10,13-17H2,1,3H3,(H,23,29)(H,24,28)/t20-/m1/s1. The third-order valence-electron chi connectivity index (χ3n) is 4.56. The number of unbranched alkanes of at least 4 members (excludes halogenated alkanes) is 1. The molecule has 1 atom stereocenters. The fourth-order valence-electron chi connectivity index (χ4n) is 3.08. The highest BCUT2D eigenvalue weighted by atomic mass is 16.3. The van der Waals surface area contributed by atoms with Crippen molar-refractivity contribution in [3.8, 4) is 0 Å². The second-order valence-electron chi connectivity index (χ2n) is 7.17. The summed E-state index contributed by atoms with van der Waals surface area (Å²) in [4.78, 5) is 49.0. The molecule has 0 radical (unpaired) electrons. The van der Waals surface area contributed by atoms with Crippen molar-refractivity contribution in [2.24, 2.45) is 5.29 Å². The summed E-state index contributed by atoms with van der Waals surface area (Å²) in [5.41, 5.74) is 0.971. The van der Waals surface area contributed by atoms with E-state index < -0.39 is 12.1 Å². The van der Waals surface area contributed by atoms with Crippen LogP contribution < -0.4 is 10.6 Å². The summed E-state index contributed by atoms with van der Waals surface area (Å²) in [6.07, 6.45) is 3.86. The van der Waals surface area contributed by atoms with Crippen LogP contribution in [-0.2, 0) is 16.1 Å². The van der Waals surface area contributed by atoms with Gasteiger partial charge in [-0.3, -0.25) is 9.59 Å². The zero-order chi connectivity index (χ0) is 23.1. The number of urea groups is 1. The van der Waals surface area contributed by atoms with Crippen LogP contribution in [0.1, 0.15) is 45.1 Å². The first-order chi connectivity index (χ1) is 14.9. The van der Waals surface area contributed by atoms with Gasteiger partial charge in [-0.1, -0.05) is 43.3 Å². The van der Waals surface area contributed by atoms with E-state index in [1.807, 2.05) is 37.3 Å². The smallest absolute Gasteiger partial charge is 0.343 e. The molecule has 0 aliphatic rings. The fourth-order valence-corrected chi connectivity index (χ4v) is 3.08. The summed E-state index contributed by atoms with van der Waals surface area (Å²) in [6, 6.07) is 8.41. The quantitative estimate of drug-likeness (QED) is 0.204. The van der Waals surface area contributed by atoms with Gasteiger partial charge in [-0.15, -0.1) is 11.5 Å². The third kappa shape index (κ3) is 9.88. The van der Waals surface area contributed by atoms with Crippen molar-refractivity contribution >= 4 is 17.8 Å². The maximum absolute atomic E-state index is 12.5. The van der Waals surface area contributed by atoms with Gasteiger partial charge in [-0.2, -0.15) is 5.01 Å². The number of carbonyl (C=O) groups excluding carboxylic acids is 3. The van der Waals surface area contributed by atoms with Crippen LogP contribution in [-0.4, -0.2) is 53.4 Å². The average molecular weight is 432 g/mol. The Kier molecular flexibility index (Phi) is 12.2. The van der Waals surface area contributed by atoms with Gasteiger partial charge in [0.15, 0.2) is 0 Å². The molecule has 2 N–H and O–H groups in total. The Hall–Kier alpha value is -3.23. The largest absolute Gasteiger partial charge is 0.350 e. The number of nitrogens with one attached hydrogen (secondary N) is 2. The number of nitroso groups, excluding NO2 is 1. The van der Waals surface area contributed by atoms with Gasteiger partial charge < -0.3 is 15.5 Å². The van der Waals surface area contributed by atoms with E-state index in [0.717, 1.165) is 17.0 Å². The minimum atomic E-state index is -0.648. The number of carbonyl (C=O) groups is 3. The molecule has 0 saturated heterocycles. The van der Waals surface area contributed by atoms with Crippen molar-refractivity contribution in [3.05, 3.63) is 53.5 Å². The molecule has 0 heterocycles. The minimum absolute atomic E-state index is 0.0503. The molecule has 9 nitrogen and oxygen atoms in total. The van der Waals surface area contributed by atoms with Crippen molar-refractivity contribution in [2.75, 3.05) is 19.6 Å². The van der Waals surface area contributed by atoms with E-state index >= 15 is 0 Å². The molecule has 0 bridgehead atoms. The molecule has 0 spiro atoms. The maximum atomic E-state index is 12.5. The molecule has 0 unspecified atom stereocenters. The Bertz CT molecular complexity index is 726. The van der Waals surface area contributed by atoms with Crippen molar-refractivity contribution in [1.82, 2.24) is 20.5 Å². The zero-order valence-corrected chi connectivity index (χ0v) is 18.4. The Morgan fingerprint density at radius 3 is 2.45 bits per heavy atom. The third-order valence-corrected chi connectivity index (χ3v) is 4.56. The summed E-state index contributed by atoms with van der Waals surface area (Å²) in [5, 5.41) is 9.13. The van der Waals surface area contributed by atoms with E-state index in [0.29, 0.717) is 38.9 Å². The van der Waals surface area contributed by atoms with Crippen LogP contribution in [0.5, 0.6) is 0 Å². The van der Waals surface area contributed by atoms with E-state index in [1.54, 1.807) is 4.90 Å². The van der Waals surface area contributed by atoms with Crippen molar-refractivity contribution in [2.45, 2.75) is 52.1 Å². The van der Waals surface area contributed by atoms with Crippen LogP contribution in [0.4, 0.5) is 4.79 Å². The predicted molar refractivity (Wildman–Crippen MR) is 120 cm³/mol. The Balaban J connectivity index is 2.57. The number of hydrogen-bond donors (Lipinski definition) is 2. The maximum Gasteiger partial charge on any atom is 0.343 e. The molecule has 1 aromatic rings. The first kappa shape index (κ1) is 25.8. The lowest BCUT2D eigenvalue weighted by atomic mass is 10.1. The van der Waals surface area contributed by atoms with Crippen LogP contribution in [0.15, 0.2) is 48.3 Å². The molecular weight excluding hydrogens is 398 g/mol. The van der Waals surface area contributed by atoms with Crippen LogP contribution in [0, 0.1) is 4.91 Å². The Morgan fingerprint density at radius 1 is 1.16 bits per heavy atom. The summed E-state index contributed by atoms with van der Waals surface area (Å²) in [5.74, 6) is -0.525. The second-order valence-corrected chi connectivity index (χ2v) is 7.17. The molecule has 0 aliphatic heterocycles. The van der Waals surface area contributed by atoms with Crippen molar-refractivity contribution in [1.29, 1.82) is 0 Å². The number of hydrogen-bond acceptors (Lipinski definition) is 5. The highest BCUT2D eigenvalue weighted by Crippen LogP contribution is 2.08. The van der Waals surface area contributed by atoms with Crippen LogP contribution in [0.25, 0.3) is 0 Å². The van der Waals surface area contributed by atoms with E-state index in [2.05, 4.69) is 22.5 Å². The number of rotatable bonds is 14. The monoisotopic (exact) mass is 431 g/mol. The SMILES string of the molecule is C=CCN(N=O)C(=O)N(CCC)CCCC[C@@H](NC(C)=O)C(=O)NCc1ccccc1. The molecule has 4 amide bonds. The molecule has 170 valence electrons. The molecule has 0 fully saturated rings. The number of benzene rings is 1. The van der Waals surface area contributed by atoms with Gasteiger partial charge in [0, 0.05) is 26.6 Å². The molecule has 0 aromatic heterocycles. The topological polar surface area (TPSA) is 111 Å². The summed E-state index contributed by atoms with van der Waals surface area (Å²) < 4.78 is 0. The predicted octanol–water partition coefficient (Wildman–Crippen LogP) is 2.98. The number of amides is 4. The normalized spacial score (nSPS) is 11.2. The Labute approximate surface area is 183 Å². The molecule has 1 rings (SSSR count). The first-order valence-electron chi connectivity index (χ1n) is 10.5. The van der Waals surface area contributed by atoms with E-state index in [-0.39, 0.29) is 18.4 Å². The fraction of sp³-hybridized carbons (Fsp3) is 0.500. The lowest BCUT2D eigenvalue weighted by Gasteiger charge is -2.25. The first-order valence-corrected chi connectivity index (χ1v) is 10.5. The lowest BCUT2D eigenvalue weighted by molar-refractivity contribution is -0.128. The minimum Gasteiger partial charge on any atom is -0.350 e. The van der Waals surface area contributed by atoms with Crippen LogP contribution >= 0.6 is 0 Å². The van der Waals surface area contributed by atoms with Gasteiger partial charge in [0.05, 0.1) is 11.8 Å². The van der Waals surface area contributed by atoms with Gasteiger partial charge in [0.2, 0.25) is 11.8 Å². The molecular formula is C22H33N5O4. The van der Waals surface area contributed by atoms with Crippen molar-refractivity contribution < 1.29 is 14.4 Å². The summed E-state index contributed by atoms with van der Waals surface area (Å²) in [7, 11) is 0. The highest BCUT2D eigenvalue weighted by molar-refractivity contribution is 5.86. The zero-order valence-electron chi connectivity index (χ0n) is 18.4.